The Labute approximate surface area is 186 Å². The van der Waals surface area contributed by atoms with E-state index < -0.39 is 0 Å². The quantitative estimate of drug-likeness (QED) is 0.333. The largest absolute Gasteiger partial charge is 0.440 e. The molecule has 5 nitrogen and oxygen atoms in total. The molecule has 3 N–H and O–H groups in total. The number of benzene rings is 3. The molecule has 0 unspecified atom stereocenters. The van der Waals surface area contributed by atoms with E-state index in [0.717, 1.165) is 39.9 Å². The van der Waals surface area contributed by atoms with Crippen molar-refractivity contribution in [3.8, 4) is 22.6 Å². The van der Waals surface area contributed by atoms with Crippen LogP contribution >= 0.6 is 0 Å². The highest BCUT2D eigenvalue weighted by atomic mass is 16.4. The lowest BCUT2D eigenvalue weighted by molar-refractivity contribution is 0.281. The van der Waals surface area contributed by atoms with Gasteiger partial charge in [0.1, 0.15) is 5.69 Å². The summed E-state index contributed by atoms with van der Waals surface area (Å²) in [7, 11) is 0. The van der Waals surface area contributed by atoms with Crippen molar-refractivity contribution in [2.45, 2.75) is 26.1 Å². The molecule has 0 atom stereocenters. The normalized spacial score (nSPS) is 11.3. The van der Waals surface area contributed by atoms with Gasteiger partial charge in [-0.15, -0.1) is 0 Å². The minimum Gasteiger partial charge on any atom is -0.440 e. The Balaban J connectivity index is 1.52. The number of aromatic amines is 1. The molecule has 0 aliphatic rings. The predicted molar refractivity (Wildman–Crippen MR) is 125 cm³/mol. The predicted octanol–water partition coefficient (Wildman–Crippen LogP) is 5.26. The topological polar surface area (TPSA) is 82.3 Å². The lowest BCUT2D eigenvalue weighted by Crippen LogP contribution is -1.91. The van der Waals surface area contributed by atoms with Crippen LogP contribution in [0.2, 0.25) is 0 Å². The van der Waals surface area contributed by atoms with E-state index in [-0.39, 0.29) is 13.2 Å². The maximum Gasteiger partial charge on any atom is 0.195 e. The summed E-state index contributed by atoms with van der Waals surface area (Å²) in [5.41, 5.74) is 6.48. The number of hydrogen-bond acceptors (Lipinski definition) is 4. The van der Waals surface area contributed by atoms with Crippen LogP contribution in [0.3, 0.4) is 0 Å². The fraction of sp³-hybridized carbons (Fsp3) is 0.148. The van der Waals surface area contributed by atoms with Crippen molar-refractivity contribution in [2.75, 3.05) is 0 Å². The Morgan fingerprint density at radius 2 is 1.50 bits per heavy atom. The van der Waals surface area contributed by atoms with Crippen LogP contribution in [0.1, 0.15) is 22.6 Å². The number of aliphatic hydroxyl groups excluding tert-OH is 2. The summed E-state index contributed by atoms with van der Waals surface area (Å²) >= 11 is 0. The van der Waals surface area contributed by atoms with E-state index in [1.807, 2.05) is 66.9 Å². The van der Waals surface area contributed by atoms with Crippen LogP contribution in [-0.4, -0.2) is 20.2 Å². The molecule has 0 saturated heterocycles. The molecular formula is C27H24N2O3. The zero-order chi connectivity index (χ0) is 21.9. The molecular weight excluding hydrogens is 400 g/mol. The molecule has 0 spiro atoms. The summed E-state index contributed by atoms with van der Waals surface area (Å²) in [6, 6.07) is 23.6. The first kappa shape index (κ1) is 20.2. The van der Waals surface area contributed by atoms with Gasteiger partial charge in [0.2, 0.25) is 0 Å². The van der Waals surface area contributed by atoms with E-state index in [1.54, 1.807) is 0 Å². The molecule has 5 aromatic rings. The zero-order valence-corrected chi connectivity index (χ0v) is 17.6. The molecule has 5 heteroatoms. The number of aryl methyl sites for hydroxylation is 2. The first-order chi connectivity index (χ1) is 15.7. The number of nitrogens with one attached hydrogen (secondary N) is 1. The van der Waals surface area contributed by atoms with Crippen molar-refractivity contribution < 1.29 is 14.6 Å². The van der Waals surface area contributed by atoms with Crippen molar-refractivity contribution in [3.63, 3.8) is 0 Å². The van der Waals surface area contributed by atoms with Gasteiger partial charge >= 0.3 is 0 Å². The fourth-order valence-corrected chi connectivity index (χ4v) is 4.07. The van der Waals surface area contributed by atoms with Crippen molar-refractivity contribution in [1.29, 1.82) is 0 Å². The molecule has 0 radical (unpaired) electrons. The Morgan fingerprint density at radius 3 is 2.28 bits per heavy atom. The van der Waals surface area contributed by atoms with Crippen LogP contribution in [-0.2, 0) is 26.1 Å². The van der Waals surface area contributed by atoms with Crippen molar-refractivity contribution >= 4 is 10.9 Å². The van der Waals surface area contributed by atoms with E-state index in [2.05, 4.69) is 17.1 Å². The number of oxazole rings is 1. The highest BCUT2D eigenvalue weighted by Gasteiger charge is 2.18. The zero-order valence-electron chi connectivity index (χ0n) is 17.6. The highest BCUT2D eigenvalue weighted by molar-refractivity contribution is 5.83. The first-order valence-corrected chi connectivity index (χ1v) is 10.7. The number of nitrogens with zero attached hydrogens (tertiary/aromatic N) is 1. The molecule has 2 heterocycles. The Morgan fingerprint density at radius 1 is 0.781 bits per heavy atom. The maximum atomic E-state index is 9.57. The lowest BCUT2D eigenvalue weighted by Gasteiger charge is -2.05. The summed E-state index contributed by atoms with van der Waals surface area (Å²) in [6.45, 7) is -0.0703. The minimum absolute atomic E-state index is 0.0333. The van der Waals surface area contributed by atoms with Gasteiger partial charge in [0.25, 0.3) is 0 Å². The standard InChI is InChI=1S/C27H24N2O3/c30-16-18-5-3-7-20(13-18)26-27(21-8-4-6-19(14-21)17-31)32-25(29-26)12-11-22-15-28-24-10-2-1-9-23(22)24/h1-10,13-15,28,30-31H,11-12,16-17H2. The molecule has 32 heavy (non-hydrogen) atoms. The number of aliphatic hydroxyl groups is 2. The number of para-hydroxylation sites is 1. The fourth-order valence-electron chi connectivity index (χ4n) is 4.07. The average molecular weight is 425 g/mol. The van der Waals surface area contributed by atoms with E-state index in [1.165, 1.54) is 10.9 Å². The van der Waals surface area contributed by atoms with E-state index in [9.17, 15) is 10.2 Å². The number of hydrogen-bond donors (Lipinski definition) is 3. The molecule has 0 aliphatic carbocycles. The third-order valence-corrected chi connectivity index (χ3v) is 5.71. The van der Waals surface area contributed by atoms with Crippen molar-refractivity contribution in [1.82, 2.24) is 9.97 Å². The molecule has 0 bridgehead atoms. The van der Waals surface area contributed by atoms with Crippen molar-refractivity contribution in [2.24, 2.45) is 0 Å². The Bertz CT molecular complexity index is 1300. The summed E-state index contributed by atoms with van der Waals surface area (Å²) in [5, 5.41) is 20.4. The van der Waals surface area contributed by atoms with Crippen molar-refractivity contribution in [3.05, 3.63) is 102 Å². The summed E-state index contributed by atoms with van der Waals surface area (Å²) in [4.78, 5) is 8.17. The molecule has 2 aromatic heterocycles. The Hall–Kier alpha value is -3.67. The monoisotopic (exact) mass is 424 g/mol. The van der Waals surface area contributed by atoms with E-state index in [0.29, 0.717) is 18.1 Å². The third kappa shape index (κ3) is 3.96. The second-order valence-electron chi connectivity index (χ2n) is 7.86. The highest BCUT2D eigenvalue weighted by Crippen LogP contribution is 2.34. The minimum atomic E-state index is -0.0370. The smallest absolute Gasteiger partial charge is 0.195 e. The molecule has 0 aliphatic heterocycles. The van der Waals surface area contributed by atoms with Gasteiger partial charge in [-0.3, -0.25) is 0 Å². The summed E-state index contributed by atoms with van der Waals surface area (Å²) in [5.74, 6) is 1.33. The van der Waals surface area contributed by atoms with Gasteiger partial charge in [0, 0.05) is 34.6 Å². The average Bonchev–Trinajstić information content (AvgIpc) is 3.47. The molecule has 0 fully saturated rings. The molecule has 0 saturated carbocycles. The van der Waals surface area contributed by atoms with Gasteiger partial charge in [-0.25, -0.2) is 4.98 Å². The van der Waals surface area contributed by atoms with Crippen LogP contribution in [0.25, 0.3) is 33.5 Å². The van der Waals surface area contributed by atoms with E-state index >= 15 is 0 Å². The maximum absolute atomic E-state index is 9.57. The van der Waals surface area contributed by atoms with Crippen LogP contribution in [0.4, 0.5) is 0 Å². The van der Waals surface area contributed by atoms with Gasteiger partial charge in [-0.2, -0.15) is 0 Å². The number of H-pyrrole nitrogens is 1. The second kappa shape index (κ2) is 8.83. The van der Waals surface area contributed by atoms with Crippen LogP contribution in [0, 0.1) is 0 Å². The molecule has 5 rings (SSSR count). The van der Waals surface area contributed by atoms with Gasteiger partial charge in [-0.05, 0) is 41.3 Å². The number of fused-ring (bicyclic) bond motifs is 1. The summed E-state index contributed by atoms with van der Waals surface area (Å²) in [6.07, 6.45) is 3.51. The van der Waals surface area contributed by atoms with Gasteiger partial charge < -0.3 is 19.6 Å². The van der Waals surface area contributed by atoms with Crippen LogP contribution in [0.5, 0.6) is 0 Å². The summed E-state index contributed by atoms with van der Waals surface area (Å²) < 4.78 is 6.27. The Kier molecular flexibility index (Phi) is 5.58. The first-order valence-electron chi connectivity index (χ1n) is 10.7. The number of rotatable bonds is 7. The molecule has 160 valence electrons. The van der Waals surface area contributed by atoms with Gasteiger partial charge in [-0.1, -0.05) is 54.6 Å². The van der Waals surface area contributed by atoms with Gasteiger partial charge in [0.05, 0.1) is 13.2 Å². The van der Waals surface area contributed by atoms with Crippen LogP contribution < -0.4 is 0 Å². The lowest BCUT2D eigenvalue weighted by atomic mass is 10.0. The van der Waals surface area contributed by atoms with Crippen LogP contribution in [0.15, 0.2) is 83.4 Å². The molecule has 0 amide bonds. The number of aromatic nitrogens is 2. The SMILES string of the molecule is OCc1cccc(-c2nc(CCc3c[nH]c4ccccc34)oc2-c2cccc(CO)c2)c1. The van der Waals surface area contributed by atoms with Gasteiger partial charge in [0.15, 0.2) is 11.7 Å². The molecule has 3 aromatic carbocycles. The second-order valence-corrected chi connectivity index (χ2v) is 7.86. The van der Waals surface area contributed by atoms with E-state index in [4.69, 9.17) is 9.40 Å². The third-order valence-electron chi connectivity index (χ3n) is 5.71.